The maximum absolute atomic E-state index is 11.5. The van der Waals surface area contributed by atoms with E-state index in [0.29, 0.717) is 5.02 Å². The first-order chi connectivity index (χ1) is 12.2. The second kappa shape index (κ2) is 7.07. The minimum atomic E-state index is -0.653. The molecule has 3 aromatic rings. The Morgan fingerprint density at radius 2 is 1.72 bits per heavy atom. The fraction of sp³-hybridized carbons (Fsp3) is 0.222. The van der Waals surface area contributed by atoms with Gasteiger partial charge in [0.1, 0.15) is 11.5 Å². The Balaban J connectivity index is 1.53. The van der Waals surface area contributed by atoms with Gasteiger partial charge in [0.05, 0.1) is 36.2 Å². The number of anilines is 1. The molecule has 0 amide bonds. The highest BCUT2D eigenvalue weighted by Gasteiger charge is 2.19. The summed E-state index contributed by atoms with van der Waals surface area (Å²) in [5, 5.41) is 4.98. The predicted octanol–water partition coefficient (Wildman–Crippen LogP) is 3.16. The third-order valence-electron chi connectivity index (χ3n) is 4.28. The van der Waals surface area contributed by atoms with Crippen molar-refractivity contribution in [3.8, 4) is 16.8 Å². The molecule has 0 N–H and O–H groups in total. The molecule has 1 saturated heterocycles. The van der Waals surface area contributed by atoms with E-state index in [4.69, 9.17) is 11.6 Å². The SMILES string of the molecule is [O-][S+]1CCN(c2ccc(-c3cnn(-c4cncc(Cl)c4)c3)cc2)CC1. The molecule has 0 aliphatic carbocycles. The zero-order chi connectivity index (χ0) is 17.2. The van der Waals surface area contributed by atoms with Gasteiger partial charge >= 0.3 is 0 Å². The largest absolute Gasteiger partial charge is 0.616 e. The van der Waals surface area contributed by atoms with Crippen LogP contribution in [0.2, 0.25) is 5.02 Å². The van der Waals surface area contributed by atoms with Gasteiger partial charge in [0.15, 0.2) is 0 Å². The smallest absolute Gasteiger partial charge is 0.123 e. The molecule has 25 heavy (non-hydrogen) atoms. The number of benzene rings is 1. The number of rotatable bonds is 3. The maximum Gasteiger partial charge on any atom is 0.123 e. The minimum Gasteiger partial charge on any atom is -0.616 e. The van der Waals surface area contributed by atoms with Crippen molar-refractivity contribution in [2.75, 3.05) is 29.5 Å². The Morgan fingerprint density at radius 3 is 2.44 bits per heavy atom. The van der Waals surface area contributed by atoms with Crippen LogP contribution < -0.4 is 4.90 Å². The summed E-state index contributed by atoms with van der Waals surface area (Å²) in [6.07, 6.45) is 7.13. The lowest BCUT2D eigenvalue weighted by Gasteiger charge is -2.30. The first-order valence-corrected chi connectivity index (χ1v) is 9.91. The van der Waals surface area contributed by atoms with Crippen LogP contribution in [-0.4, -0.2) is 43.9 Å². The summed E-state index contributed by atoms with van der Waals surface area (Å²) in [7, 11) is 0. The molecule has 0 bridgehead atoms. The van der Waals surface area contributed by atoms with E-state index in [1.807, 2.05) is 18.5 Å². The van der Waals surface area contributed by atoms with Crippen molar-refractivity contribution in [3.05, 3.63) is 60.1 Å². The topological polar surface area (TPSA) is 57.0 Å². The second-order valence-electron chi connectivity index (χ2n) is 5.92. The molecule has 128 valence electrons. The van der Waals surface area contributed by atoms with Crippen molar-refractivity contribution < 1.29 is 4.55 Å². The van der Waals surface area contributed by atoms with Gasteiger partial charge in [-0.3, -0.25) is 4.98 Å². The van der Waals surface area contributed by atoms with Gasteiger partial charge in [-0.2, -0.15) is 5.10 Å². The van der Waals surface area contributed by atoms with E-state index in [1.165, 1.54) is 5.69 Å². The average Bonchev–Trinajstić information content (AvgIpc) is 3.13. The van der Waals surface area contributed by atoms with Crippen LogP contribution in [0.15, 0.2) is 55.1 Å². The molecule has 0 radical (unpaired) electrons. The van der Waals surface area contributed by atoms with Crippen molar-refractivity contribution in [3.63, 3.8) is 0 Å². The Bertz CT molecular complexity index is 860. The molecule has 0 spiro atoms. The number of pyridine rings is 1. The standard InChI is InChI=1S/C18H17ClN4OS/c19-16-9-18(12-20-11-16)23-13-15(10-21-23)14-1-3-17(4-2-14)22-5-7-25(24)8-6-22/h1-4,9-13H,5-8H2. The van der Waals surface area contributed by atoms with Crippen LogP contribution in [0, 0.1) is 0 Å². The van der Waals surface area contributed by atoms with E-state index < -0.39 is 11.2 Å². The quantitative estimate of drug-likeness (QED) is 0.663. The van der Waals surface area contributed by atoms with Crippen LogP contribution in [0.4, 0.5) is 5.69 Å². The highest BCUT2D eigenvalue weighted by Crippen LogP contribution is 2.25. The van der Waals surface area contributed by atoms with E-state index >= 15 is 0 Å². The zero-order valence-electron chi connectivity index (χ0n) is 13.5. The van der Waals surface area contributed by atoms with E-state index in [0.717, 1.165) is 41.4 Å². The van der Waals surface area contributed by atoms with E-state index in [9.17, 15) is 4.55 Å². The van der Waals surface area contributed by atoms with Crippen LogP contribution in [0.5, 0.6) is 0 Å². The predicted molar refractivity (Wildman–Crippen MR) is 102 cm³/mol. The fourth-order valence-electron chi connectivity index (χ4n) is 2.90. The number of nitrogens with zero attached hydrogens (tertiary/aromatic N) is 4. The molecule has 5 nitrogen and oxygen atoms in total. The van der Waals surface area contributed by atoms with E-state index in [1.54, 1.807) is 17.1 Å². The van der Waals surface area contributed by atoms with Gasteiger partial charge in [-0.1, -0.05) is 34.9 Å². The Kier molecular flexibility index (Phi) is 4.65. The van der Waals surface area contributed by atoms with Crippen LogP contribution in [0.3, 0.4) is 0 Å². The first-order valence-electron chi connectivity index (χ1n) is 8.05. The summed E-state index contributed by atoms with van der Waals surface area (Å²) in [5.41, 5.74) is 4.14. The van der Waals surface area contributed by atoms with E-state index in [2.05, 4.69) is 39.2 Å². The molecule has 1 aliphatic heterocycles. The summed E-state index contributed by atoms with van der Waals surface area (Å²) in [5.74, 6) is 1.50. The fourth-order valence-corrected chi connectivity index (χ4v) is 4.12. The number of aromatic nitrogens is 3. The van der Waals surface area contributed by atoms with Gasteiger partial charge in [-0.05, 0) is 23.8 Å². The average molecular weight is 373 g/mol. The molecular weight excluding hydrogens is 356 g/mol. The lowest BCUT2D eigenvalue weighted by molar-refractivity contribution is 0.586. The van der Waals surface area contributed by atoms with Gasteiger partial charge in [0, 0.05) is 23.6 Å². The molecule has 1 fully saturated rings. The van der Waals surface area contributed by atoms with Crippen LogP contribution in [0.1, 0.15) is 0 Å². The summed E-state index contributed by atoms with van der Waals surface area (Å²) in [6, 6.07) is 10.2. The third kappa shape index (κ3) is 3.66. The molecule has 2 aromatic heterocycles. The molecule has 4 rings (SSSR count). The molecule has 0 atom stereocenters. The second-order valence-corrected chi connectivity index (χ2v) is 8.05. The third-order valence-corrected chi connectivity index (χ3v) is 5.76. The molecule has 7 heteroatoms. The van der Waals surface area contributed by atoms with Crippen molar-refractivity contribution in [1.82, 2.24) is 14.8 Å². The van der Waals surface area contributed by atoms with E-state index in [-0.39, 0.29) is 0 Å². The normalized spacial score (nSPS) is 15.5. The van der Waals surface area contributed by atoms with Gasteiger partial charge in [-0.25, -0.2) is 4.68 Å². The molecule has 3 heterocycles. The summed E-state index contributed by atoms with van der Waals surface area (Å²) >= 11 is 5.34. The monoisotopic (exact) mass is 372 g/mol. The van der Waals surface area contributed by atoms with Gasteiger partial charge in [0.25, 0.3) is 0 Å². The van der Waals surface area contributed by atoms with Gasteiger partial charge in [0.2, 0.25) is 0 Å². The Morgan fingerprint density at radius 1 is 0.960 bits per heavy atom. The molecule has 1 aromatic carbocycles. The highest BCUT2D eigenvalue weighted by molar-refractivity contribution is 7.91. The van der Waals surface area contributed by atoms with Gasteiger partial charge in [-0.15, -0.1) is 0 Å². The van der Waals surface area contributed by atoms with Crippen molar-refractivity contribution in [2.45, 2.75) is 0 Å². The molecular formula is C18H17ClN4OS. The van der Waals surface area contributed by atoms with Gasteiger partial charge < -0.3 is 9.45 Å². The van der Waals surface area contributed by atoms with Crippen LogP contribution in [-0.2, 0) is 11.2 Å². The van der Waals surface area contributed by atoms with Crippen molar-refractivity contribution in [1.29, 1.82) is 0 Å². The first kappa shape index (κ1) is 16.4. The number of halogens is 1. The molecule has 0 saturated carbocycles. The molecule has 0 unspecified atom stereocenters. The lowest BCUT2D eigenvalue weighted by atomic mass is 10.1. The van der Waals surface area contributed by atoms with Crippen molar-refractivity contribution >= 4 is 28.5 Å². The molecule has 1 aliphatic rings. The van der Waals surface area contributed by atoms with Crippen LogP contribution >= 0.6 is 11.6 Å². The maximum atomic E-state index is 11.5. The minimum absolute atomic E-state index is 0.585. The number of hydrogen-bond acceptors (Lipinski definition) is 4. The summed E-state index contributed by atoms with van der Waals surface area (Å²) in [6.45, 7) is 1.71. The summed E-state index contributed by atoms with van der Waals surface area (Å²) in [4.78, 5) is 6.38. The Hall–Kier alpha value is -2.02. The van der Waals surface area contributed by atoms with Crippen molar-refractivity contribution in [2.24, 2.45) is 0 Å². The Labute approximate surface area is 154 Å². The zero-order valence-corrected chi connectivity index (χ0v) is 15.1. The highest BCUT2D eigenvalue weighted by atomic mass is 35.5. The van der Waals surface area contributed by atoms with Crippen LogP contribution in [0.25, 0.3) is 16.8 Å². The summed E-state index contributed by atoms with van der Waals surface area (Å²) < 4.78 is 13.2. The number of hydrogen-bond donors (Lipinski definition) is 0. The lowest BCUT2D eigenvalue weighted by Crippen LogP contribution is -2.40.